The number of piperidine rings is 1. The van der Waals surface area contributed by atoms with Crippen LogP contribution in [0.3, 0.4) is 0 Å². The van der Waals surface area contributed by atoms with Crippen LogP contribution in [-0.2, 0) is 6.54 Å². The molecule has 6 nitrogen and oxygen atoms in total. The summed E-state index contributed by atoms with van der Waals surface area (Å²) in [4.78, 5) is 19.5. The summed E-state index contributed by atoms with van der Waals surface area (Å²) in [5.41, 5.74) is 6.73. The first-order valence-electron chi connectivity index (χ1n) is 11.9. The van der Waals surface area contributed by atoms with Gasteiger partial charge in [-0.05, 0) is 72.9 Å². The normalized spacial score (nSPS) is 15.7. The number of nitrogens with one attached hydrogen (secondary N) is 2. The Labute approximate surface area is 204 Å². The Morgan fingerprint density at radius 3 is 2.74 bits per heavy atom. The van der Waals surface area contributed by atoms with Crippen LogP contribution < -0.4 is 5.32 Å². The molecule has 0 spiro atoms. The molecule has 1 saturated heterocycles. The quantitative estimate of drug-likeness (QED) is 0.388. The number of likely N-dealkylation sites (tertiary alicyclic amines) is 1. The van der Waals surface area contributed by atoms with Crippen LogP contribution in [0.15, 0.2) is 73.2 Å². The molecule has 2 aromatic carbocycles. The molecule has 1 atom stereocenters. The zero-order valence-electron chi connectivity index (χ0n) is 19.7. The first-order valence-corrected chi connectivity index (χ1v) is 11.9. The van der Waals surface area contributed by atoms with Crippen molar-refractivity contribution in [1.82, 2.24) is 20.1 Å². The number of rotatable bonds is 6. The van der Waals surface area contributed by atoms with Gasteiger partial charge in [-0.25, -0.2) is 4.39 Å². The number of aryl methyl sites for hydroxylation is 1. The minimum Gasteiger partial charge on any atom is -0.381 e. The molecular weight excluding hydrogens is 441 g/mol. The van der Waals surface area contributed by atoms with Crippen molar-refractivity contribution >= 4 is 11.6 Å². The molecule has 3 heterocycles. The standard InChI is InChI=1S/C28H28FN5O/c1-19-4-5-22(15-26(19)31-16-20-10-12-30-13-11-20)28(35)34-14-2-3-23(18-34)27-25(17-32-33-27)21-6-8-24(29)9-7-21/h4-13,15,17,23,31H,2-3,14,16,18H2,1H3,(H,32,33)/t23-/m1/s1. The lowest BCUT2D eigenvalue weighted by Crippen LogP contribution is -2.39. The largest absolute Gasteiger partial charge is 0.381 e. The molecule has 1 fully saturated rings. The number of halogens is 1. The molecule has 5 rings (SSSR count). The predicted molar refractivity (Wildman–Crippen MR) is 135 cm³/mol. The smallest absolute Gasteiger partial charge is 0.253 e. The van der Waals surface area contributed by atoms with E-state index in [9.17, 15) is 9.18 Å². The molecule has 0 radical (unpaired) electrons. The van der Waals surface area contributed by atoms with Crippen molar-refractivity contribution in [2.24, 2.45) is 0 Å². The number of hydrogen-bond acceptors (Lipinski definition) is 4. The highest BCUT2D eigenvalue weighted by atomic mass is 19.1. The lowest BCUT2D eigenvalue weighted by Gasteiger charge is -2.33. The SMILES string of the molecule is Cc1ccc(C(=O)N2CCC[C@@H](c3[nH]ncc3-c3ccc(F)cc3)C2)cc1NCc1ccncc1. The maximum absolute atomic E-state index is 13.5. The Hall–Kier alpha value is -4.00. The summed E-state index contributed by atoms with van der Waals surface area (Å²) in [5, 5.41) is 10.8. The van der Waals surface area contributed by atoms with Gasteiger partial charge in [-0.15, -0.1) is 0 Å². The number of H-pyrrole nitrogens is 1. The fourth-order valence-corrected chi connectivity index (χ4v) is 4.69. The zero-order valence-corrected chi connectivity index (χ0v) is 19.7. The van der Waals surface area contributed by atoms with E-state index in [1.165, 1.54) is 12.1 Å². The summed E-state index contributed by atoms with van der Waals surface area (Å²) in [6.07, 6.45) is 7.21. The third kappa shape index (κ3) is 5.09. The van der Waals surface area contributed by atoms with Gasteiger partial charge in [0.1, 0.15) is 5.82 Å². The van der Waals surface area contributed by atoms with E-state index in [0.717, 1.165) is 53.0 Å². The van der Waals surface area contributed by atoms with Crippen molar-refractivity contribution in [3.63, 3.8) is 0 Å². The van der Waals surface area contributed by atoms with Gasteiger partial charge in [0.25, 0.3) is 5.91 Å². The maximum atomic E-state index is 13.5. The van der Waals surface area contributed by atoms with Gasteiger partial charge in [-0.2, -0.15) is 5.10 Å². The number of carbonyl (C=O) groups excluding carboxylic acids is 1. The highest BCUT2D eigenvalue weighted by Gasteiger charge is 2.28. The summed E-state index contributed by atoms with van der Waals surface area (Å²) < 4.78 is 13.4. The second-order valence-corrected chi connectivity index (χ2v) is 9.03. The van der Waals surface area contributed by atoms with Gasteiger partial charge in [0, 0.05) is 60.5 Å². The number of benzene rings is 2. The molecule has 0 unspecified atom stereocenters. The Kier molecular flexibility index (Phi) is 6.57. The number of amides is 1. The summed E-state index contributed by atoms with van der Waals surface area (Å²) in [6.45, 7) is 4.04. The molecule has 1 aliphatic rings. The molecule has 35 heavy (non-hydrogen) atoms. The van der Waals surface area contributed by atoms with E-state index >= 15 is 0 Å². The average molecular weight is 470 g/mol. The molecular formula is C28H28FN5O. The third-order valence-electron chi connectivity index (χ3n) is 6.66. The Morgan fingerprint density at radius 2 is 1.94 bits per heavy atom. The minimum absolute atomic E-state index is 0.0320. The molecule has 2 aromatic heterocycles. The van der Waals surface area contributed by atoms with Crippen LogP contribution in [0.4, 0.5) is 10.1 Å². The lowest BCUT2D eigenvalue weighted by molar-refractivity contribution is 0.0706. The first-order chi connectivity index (χ1) is 17.1. The third-order valence-corrected chi connectivity index (χ3v) is 6.66. The zero-order chi connectivity index (χ0) is 24.2. The van der Waals surface area contributed by atoms with Crippen LogP contribution in [0.5, 0.6) is 0 Å². The van der Waals surface area contributed by atoms with Gasteiger partial charge >= 0.3 is 0 Å². The van der Waals surface area contributed by atoms with E-state index in [4.69, 9.17) is 0 Å². The minimum atomic E-state index is -0.263. The molecule has 0 bridgehead atoms. The lowest BCUT2D eigenvalue weighted by atomic mass is 9.90. The Bertz CT molecular complexity index is 1300. The second-order valence-electron chi connectivity index (χ2n) is 9.03. The Morgan fingerprint density at radius 1 is 1.14 bits per heavy atom. The summed E-state index contributed by atoms with van der Waals surface area (Å²) in [5.74, 6) is -0.0875. The van der Waals surface area contributed by atoms with Crippen molar-refractivity contribution in [3.05, 3.63) is 101 Å². The van der Waals surface area contributed by atoms with Crippen molar-refractivity contribution in [1.29, 1.82) is 0 Å². The summed E-state index contributed by atoms with van der Waals surface area (Å²) in [7, 11) is 0. The van der Waals surface area contributed by atoms with E-state index in [2.05, 4.69) is 20.5 Å². The number of nitrogens with zero attached hydrogens (tertiary/aromatic N) is 3. The molecule has 4 aromatic rings. The van der Waals surface area contributed by atoms with Crippen molar-refractivity contribution in [2.75, 3.05) is 18.4 Å². The monoisotopic (exact) mass is 469 g/mol. The van der Waals surface area contributed by atoms with Crippen LogP contribution in [0, 0.1) is 12.7 Å². The fraction of sp³-hybridized carbons (Fsp3) is 0.250. The molecule has 0 aliphatic carbocycles. The second kappa shape index (κ2) is 10.1. The van der Waals surface area contributed by atoms with Crippen LogP contribution in [0.2, 0.25) is 0 Å². The Balaban J connectivity index is 1.31. The summed E-state index contributed by atoms with van der Waals surface area (Å²) in [6, 6.07) is 16.2. The van der Waals surface area contributed by atoms with Gasteiger partial charge < -0.3 is 10.2 Å². The van der Waals surface area contributed by atoms with E-state index in [0.29, 0.717) is 18.7 Å². The van der Waals surface area contributed by atoms with Gasteiger partial charge in [-0.1, -0.05) is 18.2 Å². The summed E-state index contributed by atoms with van der Waals surface area (Å²) >= 11 is 0. The van der Waals surface area contributed by atoms with Crippen LogP contribution in [-0.4, -0.2) is 39.1 Å². The van der Waals surface area contributed by atoms with Crippen molar-refractivity contribution in [3.8, 4) is 11.1 Å². The van der Waals surface area contributed by atoms with Gasteiger partial charge in [0.2, 0.25) is 0 Å². The topological polar surface area (TPSA) is 73.9 Å². The van der Waals surface area contributed by atoms with E-state index < -0.39 is 0 Å². The highest BCUT2D eigenvalue weighted by Crippen LogP contribution is 2.33. The number of anilines is 1. The molecule has 7 heteroatoms. The van der Waals surface area contributed by atoms with Gasteiger partial charge in [-0.3, -0.25) is 14.9 Å². The fourth-order valence-electron chi connectivity index (χ4n) is 4.69. The molecule has 1 aliphatic heterocycles. The van der Waals surface area contributed by atoms with E-state index in [1.807, 2.05) is 42.2 Å². The number of carbonyl (C=O) groups is 1. The molecule has 178 valence electrons. The van der Waals surface area contributed by atoms with Crippen LogP contribution >= 0.6 is 0 Å². The molecule has 0 saturated carbocycles. The number of hydrogen-bond donors (Lipinski definition) is 2. The van der Waals surface area contributed by atoms with Gasteiger partial charge in [0.05, 0.1) is 6.20 Å². The maximum Gasteiger partial charge on any atom is 0.253 e. The number of pyridine rings is 1. The average Bonchev–Trinajstić information content (AvgIpc) is 3.39. The van der Waals surface area contributed by atoms with Crippen molar-refractivity contribution in [2.45, 2.75) is 32.2 Å². The van der Waals surface area contributed by atoms with Gasteiger partial charge in [0.15, 0.2) is 0 Å². The molecule has 2 N–H and O–H groups in total. The predicted octanol–water partition coefficient (Wildman–Crippen LogP) is 5.55. The van der Waals surface area contributed by atoms with Crippen LogP contribution in [0.25, 0.3) is 11.1 Å². The number of aromatic amines is 1. The van der Waals surface area contributed by atoms with Crippen LogP contribution in [0.1, 0.15) is 45.9 Å². The molecule has 1 amide bonds. The first kappa shape index (κ1) is 22.8. The van der Waals surface area contributed by atoms with E-state index in [-0.39, 0.29) is 17.6 Å². The van der Waals surface area contributed by atoms with E-state index in [1.54, 1.807) is 30.7 Å². The van der Waals surface area contributed by atoms with Crippen molar-refractivity contribution < 1.29 is 9.18 Å². The number of aromatic nitrogens is 3. The highest BCUT2D eigenvalue weighted by molar-refractivity contribution is 5.95.